The van der Waals surface area contributed by atoms with Gasteiger partial charge in [-0.25, -0.2) is 9.97 Å². The normalized spacial score (nSPS) is 12.3. The number of aromatic amines is 1. The van der Waals surface area contributed by atoms with Crippen LogP contribution in [-0.4, -0.2) is 31.0 Å². The number of H-pyrrole nitrogens is 1. The van der Waals surface area contributed by atoms with E-state index in [1.807, 2.05) is 24.5 Å². The number of hydrogen-bond acceptors (Lipinski definition) is 4. The van der Waals surface area contributed by atoms with E-state index < -0.39 is 11.9 Å². The summed E-state index contributed by atoms with van der Waals surface area (Å²) >= 11 is 1.54. The molecule has 0 amide bonds. The van der Waals surface area contributed by atoms with Crippen molar-refractivity contribution >= 4 is 33.8 Å². The van der Waals surface area contributed by atoms with E-state index in [9.17, 15) is 13.2 Å². The van der Waals surface area contributed by atoms with Crippen LogP contribution >= 0.6 is 11.8 Å². The Labute approximate surface area is 144 Å². The Kier molecular flexibility index (Phi) is 3.68. The summed E-state index contributed by atoms with van der Waals surface area (Å²) in [5.41, 5.74) is 1.25. The van der Waals surface area contributed by atoms with Crippen LogP contribution in [0.2, 0.25) is 0 Å². The molecular formula is C16H12F3N5S. The van der Waals surface area contributed by atoms with Crippen molar-refractivity contribution in [3.63, 3.8) is 0 Å². The second-order valence-corrected chi connectivity index (χ2v) is 6.34. The molecule has 3 heterocycles. The summed E-state index contributed by atoms with van der Waals surface area (Å²) in [6.45, 7) is 0. The molecule has 25 heavy (non-hydrogen) atoms. The molecule has 4 rings (SSSR count). The molecule has 0 aliphatic carbocycles. The molecule has 9 heteroatoms. The number of fused-ring (bicyclic) bond motifs is 2. The molecule has 0 atom stereocenters. The summed E-state index contributed by atoms with van der Waals surface area (Å²) < 4.78 is 40.9. The number of nitrogens with one attached hydrogen (secondary N) is 1. The van der Waals surface area contributed by atoms with Gasteiger partial charge < -0.3 is 0 Å². The summed E-state index contributed by atoms with van der Waals surface area (Å²) in [5, 5.41) is 7.69. The smallest absolute Gasteiger partial charge is 0.280 e. The van der Waals surface area contributed by atoms with E-state index in [0.29, 0.717) is 22.8 Å². The number of rotatable bonds is 3. The van der Waals surface area contributed by atoms with Gasteiger partial charge >= 0.3 is 6.18 Å². The van der Waals surface area contributed by atoms with Crippen molar-refractivity contribution in [2.75, 3.05) is 6.26 Å². The van der Waals surface area contributed by atoms with Crippen molar-refractivity contribution in [1.82, 2.24) is 24.7 Å². The van der Waals surface area contributed by atoms with E-state index in [1.165, 1.54) is 6.07 Å². The maximum absolute atomic E-state index is 13.1. The van der Waals surface area contributed by atoms with Gasteiger partial charge in [-0.1, -0.05) is 0 Å². The molecule has 5 nitrogen and oxygen atoms in total. The van der Waals surface area contributed by atoms with Gasteiger partial charge in [0.25, 0.3) is 0 Å². The minimum Gasteiger partial charge on any atom is -0.280 e. The zero-order valence-corrected chi connectivity index (χ0v) is 13.8. The fraction of sp³-hybridized carbons (Fsp3) is 0.188. The molecule has 0 bridgehead atoms. The lowest BCUT2D eigenvalue weighted by Gasteiger charge is -2.10. The molecule has 0 unspecified atom stereocenters. The van der Waals surface area contributed by atoms with Crippen LogP contribution in [0.3, 0.4) is 0 Å². The van der Waals surface area contributed by atoms with Gasteiger partial charge in [-0.05, 0) is 36.6 Å². The van der Waals surface area contributed by atoms with Crippen LogP contribution in [0.15, 0.2) is 36.5 Å². The number of aromatic nitrogens is 5. The first-order valence-corrected chi connectivity index (χ1v) is 8.75. The van der Waals surface area contributed by atoms with Gasteiger partial charge in [0.15, 0.2) is 5.65 Å². The highest BCUT2D eigenvalue weighted by molar-refractivity contribution is 7.97. The summed E-state index contributed by atoms with van der Waals surface area (Å²) in [6, 6.07) is 7.82. The molecule has 1 aromatic carbocycles. The SMILES string of the molecule is CSCc1nc2ccc(C(F)(F)F)nc2n1-c1ccc2[nH]ncc2c1. The fourth-order valence-corrected chi connectivity index (χ4v) is 3.18. The third-order valence-electron chi connectivity index (χ3n) is 3.82. The number of alkyl halides is 3. The van der Waals surface area contributed by atoms with Crippen molar-refractivity contribution < 1.29 is 13.2 Å². The van der Waals surface area contributed by atoms with Gasteiger partial charge in [0, 0.05) is 11.1 Å². The maximum Gasteiger partial charge on any atom is 0.433 e. The Morgan fingerprint density at radius 2 is 2.00 bits per heavy atom. The maximum atomic E-state index is 13.1. The van der Waals surface area contributed by atoms with Crippen LogP contribution in [0, 0.1) is 0 Å². The monoisotopic (exact) mass is 363 g/mol. The molecule has 128 valence electrons. The highest BCUT2D eigenvalue weighted by atomic mass is 32.2. The second kappa shape index (κ2) is 5.76. The largest absolute Gasteiger partial charge is 0.433 e. The predicted molar refractivity (Wildman–Crippen MR) is 90.7 cm³/mol. The number of imidazole rings is 1. The van der Waals surface area contributed by atoms with Crippen LogP contribution in [0.25, 0.3) is 27.8 Å². The number of hydrogen-bond donors (Lipinski definition) is 1. The van der Waals surface area contributed by atoms with Crippen LogP contribution in [-0.2, 0) is 11.9 Å². The van der Waals surface area contributed by atoms with Gasteiger partial charge in [0.1, 0.15) is 17.0 Å². The minimum atomic E-state index is -4.50. The van der Waals surface area contributed by atoms with E-state index in [2.05, 4.69) is 20.2 Å². The second-order valence-electron chi connectivity index (χ2n) is 5.47. The van der Waals surface area contributed by atoms with E-state index in [1.54, 1.807) is 22.5 Å². The molecule has 0 saturated heterocycles. The zero-order valence-electron chi connectivity index (χ0n) is 13.0. The standard InChI is InChI=1S/C16H12F3N5S/c1-25-8-14-21-12-4-5-13(16(17,18)19)22-15(12)24(14)10-2-3-11-9(6-10)7-20-23-11/h2-7H,8H2,1H3,(H,20,23). The highest BCUT2D eigenvalue weighted by Crippen LogP contribution is 2.31. The average Bonchev–Trinajstić information content (AvgIpc) is 3.16. The Morgan fingerprint density at radius 3 is 2.76 bits per heavy atom. The lowest BCUT2D eigenvalue weighted by Crippen LogP contribution is -2.09. The highest BCUT2D eigenvalue weighted by Gasteiger charge is 2.33. The molecular weight excluding hydrogens is 351 g/mol. The number of halogens is 3. The van der Waals surface area contributed by atoms with Crippen LogP contribution in [0.1, 0.15) is 11.5 Å². The van der Waals surface area contributed by atoms with Crippen LogP contribution in [0.4, 0.5) is 13.2 Å². The lowest BCUT2D eigenvalue weighted by atomic mass is 10.2. The summed E-state index contributed by atoms with van der Waals surface area (Å²) in [7, 11) is 0. The molecule has 1 N–H and O–H groups in total. The van der Waals surface area contributed by atoms with Crippen molar-refractivity contribution in [3.05, 3.63) is 48.0 Å². The Bertz CT molecular complexity index is 1070. The molecule has 0 spiro atoms. The number of pyridine rings is 1. The first-order valence-electron chi connectivity index (χ1n) is 7.35. The average molecular weight is 363 g/mol. The van der Waals surface area contributed by atoms with Gasteiger partial charge in [-0.2, -0.15) is 30.0 Å². The van der Waals surface area contributed by atoms with Crippen molar-refractivity contribution in [2.45, 2.75) is 11.9 Å². The van der Waals surface area contributed by atoms with E-state index in [-0.39, 0.29) is 5.65 Å². The van der Waals surface area contributed by atoms with Gasteiger partial charge in [-0.15, -0.1) is 0 Å². The molecule has 0 saturated carbocycles. The van der Waals surface area contributed by atoms with E-state index >= 15 is 0 Å². The number of thioether (sulfide) groups is 1. The third-order valence-corrected chi connectivity index (χ3v) is 4.37. The summed E-state index contributed by atoms with van der Waals surface area (Å²) in [5.74, 6) is 1.21. The third kappa shape index (κ3) is 2.74. The van der Waals surface area contributed by atoms with Crippen molar-refractivity contribution in [3.8, 4) is 5.69 Å². The van der Waals surface area contributed by atoms with Gasteiger partial charge in [-0.3, -0.25) is 9.67 Å². The molecule has 0 aliphatic rings. The van der Waals surface area contributed by atoms with Crippen molar-refractivity contribution in [1.29, 1.82) is 0 Å². The Hall–Kier alpha value is -2.55. The van der Waals surface area contributed by atoms with Crippen molar-refractivity contribution in [2.24, 2.45) is 0 Å². The predicted octanol–water partition coefficient (Wildman–Crippen LogP) is 4.18. The number of benzene rings is 1. The number of nitrogens with zero attached hydrogens (tertiary/aromatic N) is 4. The first kappa shape index (κ1) is 15.9. The van der Waals surface area contributed by atoms with Crippen LogP contribution < -0.4 is 0 Å². The lowest BCUT2D eigenvalue weighted by molar-refractivity contribution is -0.141. The molecule has 0 aliphatic heterocycles. The topological polar surface area (TPSA) is 59.4 Å². The summed E-state index contributed by atoms with van der Waals surface area (Å²) in [6.07, 6.45) is -0.921. The molecule has 4 aromatic rings. The first-order chi connectivity index (χ1) is 12.0. The van der Waals surface area contributed by atoms with Gasteiger partial charge in [0.2, 0.25) is 0 Å². The van der Waals surface area contributed by atoms with E-state index in [4.69, 9.17) is 0 Å². The van der Waals surface area contributed by atoms with E-state index in [0.717, 1.165) is 17.0 Å². The quantitative estimate of drug-likeness (QED) is 0.593. The molecule has 3 aromatic heterocycles. The molecule has 0 fully saturated rings. The molecule has 0 radical (unpaired) electrons. The van der Waals surface area contributed by atoms with Gasteiger partial charge in [0.05, 0.1) is 17.5 Å². The Balaban J connectivity index is 1.99. The zero-order chi connectivity index (χ0) is 17.6. The Morgan fingerprint density at radius 1 is 1.16 bits per heavy atom. The minimum absolute atomic E-state index is 0.196. The fourth-order valence-electron chi connectivity index (χ4n) is 2.73. The van der Waals surface area contributed by atoms with Crippen LogP contribution in [0.5, 0.6) is 0 Å². The summed E-state index contributed by atoms with van der Waals surface area (Å²) in [4.78, 5) is 8.29.